The Balaban J connectivity index is 2.15. The molecule has 0 aliphatic heterocycles. The topological polar surface area (TPSA) is 68.5 Å². The molecule has 0 fully saturated rings. The molecule has 0 bridgehead atoms. The van der Waals surface area contributed by atoms with Gasteiger partial charge in [0.25, 0.3) is 0 Å². The summed E-state index contributed by atoms with van der Waals surface area (Å²) in [5.74, 6) is -6.39. The molecule has 2 aromatic carbocycles. The van der Waals surface area contributed by atoms with Crippen molar-refractivity contribution in [2.45, 2.75) is 24.6 Å². The third-order valence-electron chi connectivity index (χ3n) is 4.60. The van der Waals surface area contributed by atoms with Crippen molar-refractivity contribution in [3.8, 4) is 0 Å². The van der Waals surface area contributed by atoms with Crippen LogP contribution in [0.2, 0.25) is 0 Å². The van der Waals surface area contributed by atoms with E-state index in [0.29, 0.717) is 6.07 Å². The largest absolute Gasteiger partial charge is 0.477 e. The van der Waals surface area contributed by atoms with Gasteiger partial charge in [0, 0.05) is 0 Å². The van der Waals surface area contributed by atoms with Crippen LogP contribution in [0.25, 0.3) is 10.9 Å². The summed E-state index contributed by atoms with van der Waals surface area (Å²) in [7, 11) is 0. The van der Waals surface area contributed by atoms with Crippen molar-refractivity contribution >= 4 is 28.6 Å². The van der Waals surface area contributed by atoms with Gasteiger partial charge in [-0.25, -0.2) is 18.0 Å². The first kappa shape index (κ1) is 21.9. The number of aromatic carboxylic acids is 1. The van der Waals surface area contributed by atoms with E-state index in [1.165, 1.54) is 10.8 Å². The molecule has 0 amide bonds. The molecule has 0 saturated carbocycles. The van der Waals surface area contributed by atoms with Gasteiger partial charge in [-0.3, -0.25) is 4.79 Å². The summed E-state index contributed by atoms with van der Waals surface area (Å²) in [6, 6.07) is 9.09. The number of ether oxygens (including phenoxy) is 1. The molecule has 3 aromatic rings. The fourth-order valence-corrected chi connectivity index (χ4v) is 4.11. The Kier molecular flexibility index (Phi) is 6.52. The monoisotopic (exact) mass is 437 g/mol. The molecular formula is C21H18F3NO4S. The number of benzene rings is 2. The normalized spacial score (nSPS) is 12.3. The van der Waals surface area contributed by atoms with Crippen LogP contribution < -0.4 is 5.43 Å². The van der Waals surface area contributed by atoms with Gasteiger partial charge in [0.15, 0.2) is 17.5 Å². The average molecular weight is 437 g/mol. The van der Waals surface area contributed by atoms with Crippen molar-refractivity contribution in [3.63, 3.8) is 0 Å². The van der Waals surface area contributed by atoms with Crippen LogP contribution in [0.3, 0.4) is 0 Å². The maximum absolute atomic E-state index is 14.7. The first-order valence-corrected chi connectivity index (χ1v) is 10.1. The fourth-order valence-electron chi connectivity index (χ4n) is 3.25. The smallest absolute Gasteiger partial charge is 0.342 e. The summed E-state index contributed by atoms with van der Waals surface area (Å²) in [6.45, 7) is 1.87. The lowest BCUT2D eigenvalue weighted by atomic mass is 10.1. The van der Waals surface area contributed by atoms with E-state index in [4.69, 9.17) is 4.74 Å². The van der Waals surface area contributed by atoms with Gasteiger partial charge < -0.3 is 14.4 Å². The molecule has 1 heterocycles. The maximum Gasteiger partial charge on any atom is 0.342 e. The van der Waals surface area contributed by atoms with Gasteiger partial charge in [-0.1, -0.05) is 30.3 Å². The molecule has 158 valence electrons. The minimum Gasteiger partial charge on any atom is -0.477 e. The van der Waals surface area contributed by atoms with Gasteiger partial charge in [0.2, 0.25) is 5.43 Å². The Labute approximate surface area is 174 Å². The second-order valence-corrected chi connectivity index (χ2v) is 7.42. The van der Waals surface area contributed by atoms with Gasteiger partial charge >= 0.3 is 5.97 Å². The second kappa shape index (κ2) is 8.93. The summed E-state index contributed by atoms with van der Waals surface area (Å²) in [5, 5.41) is 8.93. The van der Waals surface area contributed by atoms with Crippen LogP contribution in [0, 0.1) is 17.5 Å². The molecule has 0 aliphatic rings. The Bertz CT molecular complexity index is 1160. The zero-order valence-corrected chi connectivity index (χ0v) is 16.9. The summed E-state index contributed by atoms with van der Waals surface area (Å²) < 4.78 is 49.3. The van der Waals surface area contributed by atoms with Crippen LogP contribution in [0.1, 0.15) is 28.9 Å². The summed E-state index contributed by atoms with van der Waals surface area (Å²) in [6.07, 6.45) is 1.51. The summed E-state index contributed by atoms with van der Waals surface area (Å²) in [4.78, 5) is 24.4. The van der Waals surface area contributed by atoms with E-state index in [1.54, 1.807) is 6.92 Å². The number of fused-ring (bicyclic) bond motifs is 1. The Morgan fingerprint density at radius 3 is 2.47 bits per heavy atom. The molecular weight excluding hydrogens is 419 g/mol. The van der Waals surface area contributed by atoms with E-state index < -0.39 is 51.4 Å². The molecule has 1 N–H and O–H groups in total. The molecule has 0 spiro atoms. The summed E-state index contributed by atoms with van der Waals surface area (Å²) >= 11 is 0.900. The number of carboxylic acids is 1. The van der Waals surface area contributed by atoms with Gasteiger partial charge in [-0.15, -0.1) is 11.8 Å². The molecule has 1 unspecified atom stereocenters. The average Bonchev–Trinajstić information content (AvgIpc) is 2.72. The number of pyridine rings is 1. The molecule has 3 rings (SSSR count). The highest BCUT2D eigenvalue weighted by atomic mass is 32.2. The molecule has 30 heavy (non-hydrogen) atoms. The second-order valence-electron chi connectivity index (χ2n) is 6.62. The van der Waals surface area contributed by atoms with Crippen LogP contribution in [-0.2, 0) is 11.3 Å². The van der Waals surface area contributed by atoms with E-state index in [1.807, 2.05) is 30.3 Å². The lowest BCUT2D eigenvalue weighted by Gasteiger charge is -2.24. The van der Waals surface area contributed by atoms with Crippen molar-refractivity contribution in [2.24, 2.45) is 0 Å². The predicted molar refractivity (Wildman–Crippen MR) is 108 cm³/mol. The third-order valence-corrected chi connectivity index (χ3v) is 5.39. The number of carbonyl (C=O) groups is 1. The van der Waals surface area contributed by atoms with Crippen molar-refractivity contribution < 1.29 is 27.8 Å². The zero-order chi connectivity index (χ0) is 22.0. The SMILES string of the molecule is CSc1c(C(=O)O)c(=O)c2cc(F)c(F)c(F)c2n1C(C)COCc1ccccc1. The number of thioether (sulfide) groups is 1. The lowest BCUT2D eigenvalue weighted by molar-refractivity contribution is 0.0686. The fraction of sp³-hybridized carbons (Fsp3) is 0.238. The first-order valence-electron chi connectivity index (χ1n) is 8.92. The van der Waals surface area contributed by atoms with Gasteiger partial charge in [0.05, 0.1) is 35.2 Å². The number of carboxylic acid groups (broad SMARTS) is 1. The predicted octanol–water partition coefficient (Wildman–Crippen LogP) is 4.62. The number of halogens is 3. The van der Waals surface area contributed by atoms with E-state index in [2.05, 4.69) is 0 Å². The quantitative estimate of drug-likeness (QED) is 0.432. The highest BCUT2D eigenvalue weighted by molar-refractivity contribution is 7.98. The van der Waals surface area contributed by atoms with Crippen LogP contribution in [0.5, 0.6) is 0 Å². The molecule has 0 aliphatic carbocycles. The summed E-state index contributed by atoms with van der Waals surface area (Å²) in [5.41, 5.74) is -1.31. The van der Waals surface area contributed by atoms with Crippen LogP contribution in [-0.4, -0.2) is 28.5 Å². The standard InChI is InChI=1S/C21H18F3NO4S/c1-11(9-29-10-12-6-4-3-5-7-12)25-18-13(8-14(22)16(23)17(18)24)19(26)15(21(27)28)20(25)30-2/h3-8,11H,9-10H2,1-2H3,(H,27,28). The van der Waals surface area contributed by atoms with E-state index in [9.17, 15) is 27.9 Å². The minimum atomic E-state index is -1.73. The molecule has 1 atom stereocenters. The highest BCUT2D eigenvalue weighted by Crippen LogP contribution is 2.31. The Hall–Kier alpha value is -2.78. The third kappa shape index (κ3) is 3.95. The van der Waals surface area contributed by atoms with Crippen LogP contribution in [0.4, 0.5) is 13.2 Å². The van der Waals surface area contributed by atoms with Crippen molar-refractivity contribution in [2.75, 3.05) is 12.9 Å². The molecule has 0 radical (unpaired) electrons. The molecule has 5 nitrogen and oxygen atoms in total. The van der Waals surface area contributed by atoms with Gasteiger partial charge in [-0.2, -0.15) is 0 Å². The van der Waals surface area contributed by atoms with E-state index in [0.717, 1.165) is 17.3 Å². The first-order chi connectivity index (χ1) is 14.3. The minimum absolute atomic E-state index is 0.0118. The van der Waals surface area contributed by atoms with E-state index in [-0.39, 0.29) is 18.2 Å². The number of hydrogen-bond acceptors (Lipinski definition) is 4. The van der Waals surface area contributed by atoms with Gasteiger partial charge in [-0.05, 0) is 24.8 Å². The maximum atomic E-state index is 14.7. The molecule has 0 saturated heterocycles. The van der Waals surface area contributed by atoms with Crippen molar-refractivity contribution in [3.05, 3.63) is 75.2 Å². The highest BCUT2D eigenvalue weighted by Gasteiger charge is 2.28. The zero-order valence-electron chi connectivity index (χ0n) is 16.1. The van der Waals surface area contributed by atoms with Crippen molar-refractivity contribution in [1.82, 2.24) is 4.57 Å². The number of nitrogens with zero attached hydrogens (tertiary/aromatic N) is 1. The number of aromatic nitrogens is 1. The molecule has 9 heteroatoms. The Morgan fingerprint density at radius 2 is 1.87 bits per heavy atom. The number of hydrogen-bond donors (Lipinski definition) is 1. The van der Waals surface area contributed by atoms with Crippen molar-refractivity contribution in [1.29, 1.82) is 0 Å². The van der Waals surface area contributed by atoms with E-state index >= 15 is 0 Å². The van der Waals surface area contributed by atoms with Crippen LogP contribution >= 0.6 is 11.8 Å². The molecule has 1 aromatic heterocycles. The lowest BCUT2D eigenvalue weighted by Crippen LogP contribution is -2.26. The van der Waals surface area contributed by atoms with Gasteiger partial charge in [0.1, 0.15) is 5.56 Å². The Morgan fingerprint density at radius 1 is 1.20 bits per heavy atom. The van der Waals surface area contributed by atoms with Crippen LogP contribution in [0.15, 0.2) is 46.2 Å². The number of rotatable bonds is 7.